The topological polar surface area (TPSA) is 68.1 Å². The molecule has 0 bridgehead atoms. The Morgan fingerprint density at radius 1 is 1.42 bits per heavy atom. The smallest absolute Gasteiger partial charge is 0.354 e. The third kappa shape index (κ3) is 1.99. The number of carbonyl (C=O) groups is 1. The van der Waals surface area contributed by atoms with Crippen LogP contribution in [0.15, 0.2) is 30.3 Å². The molecule has 0 radical (unpaired) electrons. The van der Waals surface area contributed by atoms with Crippen LogP contribution in [0.5, 0.6) is 0 Å². The van der Waals surface area contributed by atoms with Crippen LogP contribution in [0.25, 0.3) is 0 Å². The lowest BCUT2D eigenvalue weighted by Crippen LogP contribution is -2.04. The van der Waals surface area contributed by atoms with Gasteiger partial charge in [0, 0.05) is 17.3 Å². The van der Waals surface area contributed by atoms with Gasteiger partial charge >= 0.3 is 5.97 Å². The minimum Gasteiger partial charge on any atom is -0.464 e. The van der Waals surface area contributed by atoms with Crippen molar-refractivity contribution in [3.63, 3.8) is 0 Å². The fraction of sp³-hybridized carbons (Fsp3) is 0.267. The number of H-pyrrole nitrogens is 1. The maximum atomic E-state index is 11.5. The number of aromatic amines is 1. The van der Waals surface area contributed by atoms with Gasteiger partial charge in [-0.25, -0.2) is 4.79 Å². The lowest BCUT2D eigenvalue weighted by Gasteiger charge is -2.11. The summed E-state index contributed by atoms with van der Waals surface area (Å²) in [5.74, 6) is -0.0300. The molecule has 1 atom stereocenters. The van der Waals surface area contributed by atoms with Gasteiger partial charge in [-0.2, -0.15) is 0 Å². The maximum absolute atomic E-state index is 11.5. The quantitative estimate of drug-likeness (QED) is 0.640. The fourth-order valence-electron chi connectivity index (χ4n) is 2.80. The first-order valence-corrected chi connectivity index (χ1v) is 6.34. The zero-order chi connectivity index (χ0) is 13.4. The largest absolute Gasteiger partial charge is 0.464 e. The van der Waals surface area contributed by atoms with Crippen molar-refractivity contribution in [3.8, 4) is 0 Å². The second-order valence-electron chi connectivity index (χ2n) is 4.87. The molecular weight excluding hydrogens is 240 g/mol. The van der Waals surface area contributed by atoms with E-state index in [2.05, 4.69) is 11.1 Å². The van der Waals surface area contributed by atoms with Gasteiger partial charge in [-0.1, -0.05) is 12.1 Å². The molecule has 1 heterocycles. The molecule has 1 unspecified atom stereocenters. The third-order valence-corrected chi connectivity index (χ3v) is 3.70. The summed E-state index contributed by atoms with van der Waals surface area (Å²) in [5.41, 5.74) is 10.6. The van der Waals surface area contributed by atoms with Gasteiger partial charge < -0.3 is 15.5 Å². The monoisotopic (exact) mass is 256 g/mol. The first-order valence-electron chi connectivity index (χ1n) is 6.34. The number of rotatable bonds is 2. The summed E-state index contributed by atoms with van der Waals surface area (Å²) in [7, 11) is 1.39. The Hall–Kier alpha value is -2.23. The molecule has 4 nitrogen and oxygen atoms in total. The summed E-state index contributed by atoms with van der Waals surface area (Å²) >= 11 is 0. The molecule has 98 valence electrons. The van der Waals surface area contributed by atoms with Crippen LogP contribution in [0, 0.1) is 0 Å². The first kappa shape index (κ1) is 11.8. The van der Waals surface area contributed by atoms with E-state index in [4.69, 9.17) is 10.5 Å². The van der Waals surface area contributed by atoms with Crippen LogP contribution in [0.2, 0.25) is 0 Å². The minimum absolute atomic E-state index is 0.289. The highest BCUT2D eigenvalue weighted by molar-refractivity contribution is 5.88. The van der Waals surface area contributed by atoms with Crippen LogP contribution in [0.3, 0.4) is 0 Å². The van der Waals surface area contributed by atoms with E-state index < -0.39 is 0 Å². The standard InChI is InChI=1S/C15H16N2O2/c1-19-15(18)13-8-10-5-6-12(14(10)17-13)9-3-2-4-11(16)7-9/h2-4,7-8,12,17H,5-6,16H2,1H3. The number of carbonyl (C=O) groups excluding carboxylic acids is 1. The number of aryl methyl sites for hydroxylation is 1. The van der Waals surface area contributed by atoms with E-state index in [1.807, 2.05) is 24.3 Å². The van der Waals surface area contributed by atoms with Crippen LogP contribution < -0.4 is 5.73 Å². The summed E-state index contributed by atoms with van der Waals surface area (Å²) in [6, 6.07) is 9.82. The zero-order valence-electron chi connectivity index (χ0n) is 10.8. The second kappa shape index (κ2) is 4.46. The van der Waals surface area contributed by atoms with E-state index in [0.717, 1.165) is 24.2 Å². The molecule has 0 amide bonds. The normalized spacial score (nSPS) is 17.2. The Morgan fingerprint density at radius 3 is 3.00 bits per heavy atom. The first-order chi connectivity index (χ1) is 9.19. The number of nitrogens with two attached hydrogens (primary N) is 1. The fourth-order valence-corrected chi connectivity index (χ4v) is 2.80. The Kier molecular flexibility index (Phi) is 2.78. The van der Waals surface area contributed by atoms with Crippen LogP contribution in [0.1, 0.15) is 39.6 Å². The highest BCUT2D eigenvalue weighted by Gasteiger charge is 2.27. The highest BCUT2D eigenvalue weighted by atomic mass is 16.5. The van der Waals surface area contributed by atoms with Gasteiger partial charge in [0.25, 0.3) is 0 Å². The molecule has 3 N–H and O–H groups in total. The number of anilines is 1. The van der Waals surface area contributed by atoms with Gasteiger partial charge in [0.2, 0.25) is 0 Å². The van der Waals surface area contributed by atoms with Gasteiger partial charge in [-0.15, -0.1) is 0 Å². The number of nitrogen functional groups attached to an aromatic ring is 1. The number of fused-ring (bicyclic) bond motifs is 1. The SMILES string of the molecule is COC(=O)c1cc2c([nH]1)C(c1cccc(N)c1)CC2. The van der Waals surface area contributed by atoms with E-state index in [0.29, 0.717) is 5.69 Å². The number of benzene rings is 1. The molecule has 3 rings (SSSR count). The van der Waals surface area contributed by atoms with Crippen molar-refractivity contribution in [2.75, 3.05) is 12.8 Å². The maximum Gasteiger partial charge on any atom is 0.354 e. The van der Waals surface area contributed by atoms with Crippen LogP contribution in [-0.2, 0) is 11.2 Å². The summed E-state index contributed by atoms with van der Waals surface area (Å²) in [4.78, 5) is 14.7. The predicted octanol–water partition coefficient (Wildman–Crippen LogP) is 2.46. The number of hydrogen-bond acceptors (Lipinski definition) is 3. The van der Waals surface area contributed by atoms with Gasteiger partial charge in [0.05, 0.1) is 7.11 Å². The minimum atomic E-state index is -0.319. The Bertz CT molecular complexity index is 631. The summed E-state index contributed by atoms with van der Waals surface area (Å²) in [5, 5.41) is 0. The number of aromatic nitrogens is 1. The summed E-state index contributed by atoms with van der Waals surface area (Å²) in [6.45, 7) is 0. The van der Waals surface area contributed by atoms with Gasteiger partial charge in [0.15, 0.2) is 0 Å². The second-order valence-corrected chi connectivity index (χ2v) is 4.87. The molecule has 0 spiro atoms. The average Bonchev–Trinajstić information content (AvgIpc) is 2.97. The number of nitrogens with one attached hydrogen (secondary N) is 1. The molecule has 19 heavy (non-hydrogen) atoms. The van der Waals surface area contributed by atoms with E-state index in [-0.39, 0.29) is 11.9 Å². The van der Waals surface area contributed by atoms with Crippen molar-refractivity contribution in [1.82, 2.24) is 4.98 Å². The Morgan fingerprint density at radius 2 is 2.26 bits per heavy atom. The molecule has 0 saturated heterocycles. The lowest BCUT2D eigenvalue weighted by atomic mass is 9.96. The number of methoxy groups -OCH3 is 1. The molecule has 4 heteroatoms. The number of ether oxygens (including phenoxy) is 1. The third-order valence-electron chi connectivity index (χ3n) is 3.70. The summed E-state index contributed by atoms with van der Waals surface area (Å²) < 4.78 is 4.74. The van der Waals surface area contributed by atoms with Crippen molar-refractivity contribution >= 4 is 11.7 Å². The molecule has 1 aliphatic carbocycles. The molecular formula is C15H16N2O2. The number of hydrogen-bond donors (Lipinski definition) is 2. The van der Waals surface area contributed by atoms with Gasteiger partial charge in [-0.3, -0.25) is 0 Å². The average molecular weight is 256 g/mol. The molecule has 1 aliphatic rings. The van der Waals surface area contributed by atoms with Gasteiger partial charge in [0.1, 0.15) is 5.69 Å². The van der Waals surface area contributed by atoms with E-state index >= 15 is 0 Å². The molecule has 0 aliphatic heterocycles. The highest BCUT2D eigenvalue weighted by Crippen LogP contribution is 2.38. The van der Waals surface area contributed by atoms with Gasteiger partial charge in [-0.05, 0) is 42.2 Å². The van der Waals surface area contributed by atoms with E-state index in [9.17, 15) is 4.79 Å². The van der Waals surface area contributed by atoms with E-state index in [1.54, 1.807) is 0 Å². The van der Waals surface area contributed by atoms with Crippen molar-refractivity contribution in [3.05, 3.63) is 52.8 Å². The van der Waals surface area contributed by atoms with Crippen molar-refractivity contribution in [2.45, 2.75) is 18.8 Å². The van der Waals surface area contributed by atoms with E-state index in [1.165, 1.54) is 18.2 Å². The molecule has 2 aromatic rings. The lowest BCUT2D eigenvalue weighted by molar-refractivity contribution is 0.0594. The molecule has 1 aromatic heterocycles. The van der Waals surface area contributed by atoms with Crippen LogP contribution >= 0.6 is 0 Å². The predicted molar refractivity (Wildman–Crippen MR) is 73.2 cm³/mol. The molecule has 0 saturated carbocycles. The molecule has 0 fully saturated rings. The van der Waals surface area contributed by atoms with Crippen LogP contribution in [-0.4, -0.2) is 18.1 Å². The van der Waals surface area contributed by atoms with Crippen molar-refractivity contribution < 1.29 is 9.53 Å². The number of esters is 1. The van der Waals surface area contributed by atoms with Crippen molar-refractivity contribution in [2.24, 2.45) is 0 Å². The summed E-state index contributed by atoms with van der Waals surface area (Å²) in [6.07, 6.45) is 2.02. The Balaban J connectivity index is 1.97. The Labute approximate surface area is 111 Å². The molecule has 1 aromatic carbocycles. The van der Waals surface area contributed by atoms with Crippen LogP contribution in [0.4, 0.5) is 5.69 Å². The van der Waals surface area contributed by atoms with Crippen molar-refractivity contribution in [1.29, 1.82) is 0 Å². The zero-order valence-corrected chi connectivity index (χ0v) is 10.8.